The molecule has 2 aromatic rings. The molecule has 1 aliphatic heterocycles. The molecule has 1 heterocycles. The number of nitrogens with zero attached hydrogens (tertiary/aromatic N) is 1. The molecule has 3 rings (SSSR count). The Morgan fingerprint density at radius 2 is 1.70 bits per heavy atom. The van der Waals surface area contributed by atoms with Crippen LogP contribution in [0.4, 0.5) is 11.4 Å². The molecule has 0 saturated heterocycles. The molecular weight excluding hydrogens is 346 g/mol. The van der Waals surface area contributed by atoms with Crippen molar-refractivity contribution in [2.45, 2.75) is 20.0 Å². The van der Waals surface area contributed by atoms with E-state index in [1.165, 1.54) is 25.1 Å². The highest BCUT2D eigenvalue weighted by atomic mass is 16.3. The van der Waals surface area contributed by atoms with Gasteiger partial charge < -0.3 is 20.6 Å². The van der Waals surface area contributed by atoms with E-state index in [4.69, 9.17) is 0 Å². The zero-order valence-corrected chi connectivity index (χ0v) is 14.8. The first-order valence-electron chi connectivity index (χ1n) is 8.32. The van der Waals surface area contributed by atoms with Crippen LogP contribution in [0, 0.1) is 0 Å². The summed E-state index contributed by atoms with van der Waals surface area (Å²) < 4.78 is 0. The number of amides is 3. The molecule has 0 fully saturated rings. The molecule has 1 aliphatic rings. The monoisotopic (exact) mass is 365 g/mol. The predicted molar refractivity (Wildman–Crippen MR) is 101 cm³/mol. The summed E-state index contributed by atoms with van der Waals surface area (Å²) in [5, 5.41) is 15.3. The van der Waals surface area contributed by atoms with E-state index in [2.05, 4.69) is 17.2 Å². The summed E-state index contributed by atoms with van der Waals surface area (Å²) in [6.07, 6.45) is 1.11. The van der Waals surface area contributed by atoms with E-state index in [1.54, 1.807) is 11.0 Å². The van der Waals surface area contributed by atoms with Crippen molar-refractivity contribution in [2.24, 2.45) is 0 Å². The lowest BCUT2D eigenvalue weighted by Crippen LogP contribution is -2.21. The second-order valence-electron chi connectivity index (χ2n) is 6.24. The molecule has 27 heavy (non-hydrogen) atoms. The second kappa shape index (κ2) is 7.33. The summed E-state index contributed by atoms with van der Waals surface area (Å²) in [4.78, 5) is 37.2. The number of aromatic hydroxyl groups is 1. The van der Waals surface area contributed by atoms with Gasteiger partial charge in [0.15, 0.2) is 0 Å². The van der Waals surface area contributed by atoms with Crippen molar-refractivity contribution in [3.63, 3.8) is 0 Å². The predicted octanol–water partition coefficient (Wildman–Crippen LogP) is 2.63. The van der Waals surface area contributed by atoms with E-state index in [-0.39, 0.29) is 17.2 Å². The molecule has 3 amide bonds. The maximum atomic E-state index is 12.5. The van der Waals surface area contributed by atoms with Crippen LogP contribution in [-0.4, -0.2) is 27.7 Å². The zero-order chi connectivity index (χ0) is 19.6. The third kappa shape index (κ3) is 3.98. The van der Waals surface area contributed by atoms with Crippen LogP contribution in [0.25, 0.3) is 0 Å². The number of carbonyl (C=O) groups excluding carboxylic acids is 3. The van der Waals surface area contributed by atoms with Crippen LogP contribution in [0.3, 0.4) is 0 Å². The van der Waals surface area contributed by atoms with Crippen molar-refractivity contribution < 1.29 is 19.5 Å². The minimum Gasteiger partial charge on any atom is -0.507 e. The van der Waals surface area contributed by atoms with E-state index in [1.807, 2.05) is 12.1 Å². The first kappa shape index (κ1) is 18.2. The Morgan fingerprint density at radius 1 is 1.04 bits per heavy atom. The van der Waals surface area contributed by atoms with Gasteiger partial charge in [-0.2, -0.15) is 0 Å². The lowest BCUT2D eigenvalue weighted by Gasteiger charge is -2.11. The molecule has 7 heteroatoms. The maximum absolute atomic E-state index is 12.5. The molecule has 0 radical (unpaired) electrons. The molecule has 0 bridgehead atoms. The van der Waals surface area contributed by atoms with E-state index >= 15 is 0 Å². The highest BCUT2D eigenvalue weighted by Gasteiger charge is 2.21. The van der Waals surface area contributed by atoms with Gasteiger partial charge in [-0.1, -0.05) is 12.6 Å². The molecule has 3 N–H and O–H groups in total. The number of phenols is 1. The van der Waals surface area contributed by atoms with Crippen LogP contribution in [-0.2, 0) is 22.7 Å². The Kier molecular flexibility index (Phi) is 4.94. The number of nitrogens with one attached hydrogen (secondary N) is 2. The molecule has 0 saturated carbocycles. The van der Waals surface area contributed by atoms with Crippen LogP contribution in [0.15, 0.2) is 49.1 Å². The van der Waals surface area contributed by atoms with Crippen LogP contribution < -0.4 is 10.6 Å². The fourth-order valence-corrected chi connectivity index (χ4v) is 2.88. The van der Waals surface area contributed by atoms with Crippen molar-refractivity contribution in [3.05, 3.63) is 65.7 Å². The van der Waals surface area contributed by atoms with Crippen LogP contribution in [0.2, 0.25) is 0 Å². The molecule has 0 aromatic heterocycles. The highest BCUT2D eigenvalue weighted by Crippen LogP contribution is 2.27. The SMILES string of the molecule is C=CC(=O)Nc1ccc(O)c(C(=O)Nc2ccc3c(c2)CN(C(C)=O)C3)c1. The fraction of sp³-hybridized carbons (Fsp3) is 0.150. The summed E-state index contributed by atoms with van der Waals surface area (Å²) in [5.41, 5.74) is 2.97. The van der Waals surface area contributed by atoms with Gasteiger partial charge in [0.2, 0.25) is 11.8 Å². The largest absolute Gasteiger partial charge is 0.507 e. The third-order valence-electron chi connectivity index (χ3n) is 4.33. The van der Waals surface area contributed by atoms with Gasteiger partial charge in [0, 0.05) is 31.4 Å². The van der Waals surface area contributed by atoms with Gasteiger partial charge in [-0.25, -0.2) is 0 Å². The van der Waals surface area contributed by atoms with Crippen molar-refractivity contribution in [2.75, 3.05) is 10.6 Å². The molecule has 7 nitrogen and oxygen atoms in total. The average molecular weight is 365 g/mol. The standard InChI is InChI=1S/C20H19N3O4/c1-3-19(26)21-16-6-7-18(25)17(9-16)20(27)22-15-5-4-13-10-23(12(2)24)11-14(13)8-15/h3-9,25H,1,10-11H2,2H3,(H,21,26)(H,22,27). The fourth-order valence-electron chi connectivity index (χ4n) is 2.88. The number of hydrogen-bond donors (Lipinski definition) is 3. The molecule has 0 spiro atoms. The Morgan fingerprint density at radius 3 is 2.41 bits per heavy atom. The Balaban J connectivity index is 1.77. The van der Waals surface area contributed by atoms with E-state index in [0.29, 0.717) is 24.5 Å². The van der Waals surface area contributed by atoms with Gasteiger partial charge in [-0.05, 0) is 47.5 Å². The summed E-state index contributed by atoms with van der Waals surface area (Å²) in [6, 6.07) is 9.64. The highest BCUT2D eigenvalue weighted by molar-refractivity contribution is 6.07. The van der Waals surface area contributed by atoms with E-state index in [0.717, 1.165) is 17.2 Å². The van der Waals surface area contributed by atoms with Gasteiger partial charge in [0.1, 0.15) is 5.75 Å². The summed E-state index contributed by atoms with van der Waals surface area (Å²) in [5.74, 6) is -1.13. The van der Waals surface area contributed by atoms with Crippen molar-refractivity contribution >= 4 is 29.1 Å². The molecule has 0 unspecified atom stereocenters. The first-order valence-corrected chi connectivity index (χ1v) is 8.32. The van der Waals surface area contributed by atoms with E-state index < -0.39 is 11.8 Å². The summed E-state index contributed by atoms with van der Waals surface area (Å²) in [6.45, 7) is 5.95. The molecular formula is C20H19N3O4. The molecule has 138 valence electrons. The number of benzene rings is 2. The maximum Gasteiger partial charge on any atom is 0.259 e. The Hall–Kier alpha value is -3.61. The number of phenolic OH excluding ortho intramolecular Hbond substituents is 1. The molecule has 0 aliphatic carbocycles. The third-order valence-corrected chi connectivity index (χ3v) is 4.33. The van der Waals surface area contributed by atoms with Crippen molar-refractivity contribution in [1.82, 2.24) is 4.90 Å². The number of hydrogen-bond acceptors (Lipinski definition) is 4. The smallest absolute Gasteiger partial charge is 0.259 e. The van der Waals surface area contributed by atoms with Gasteiger partial charge >= 0.3 is 0 Å². The van der Waals surface area contributed by atoms with Crippen LogP contribution in [0.5, 0.6) is 5.75 Å². The quantitative estimate of drug-likeness (QED) is 0.573. The van der Waals surface area contributed by atoms with Crippen LogP contribution >= 0.6 is 0 Å². The minimum absolute atomic E-state index is 0.0000872. The lowest BCUT2D eigenvalue weighted by atomic mass is 10.1. The van der Waals surface area contributed by atoms with Crippen molar-refractivity contribution in [3.8, 4) is 5.75 Å². The summed E-state index contributed by atoms with van der Waals surface area (Å²) >= 11 is 0. The van der Waals surface area contributed by atoms with Gasteiger partial charge in [0.05, 0.1) is 5.56 Å². The Bertz CT molecular complexity index is 952. The van der Waals surface area contributed by atoms with Gasteiger partial charge in [-0.3, -0.25) is 14.4 Å². The van der Waals surface area contributed by atoms with Gasteiger partial charge in [0.25, 0.3) is 5.91 Å². The minimum atomic E-state index is -0.511. The van der Waals surface area contributed by atoms with Crippen LogP contribution in [0.1, 0.15) is 28.4 Å². The topological polar surface area (TPSA) is 98.7 Å². The van der Waals surface area contributed by atoms with Gasteiger partial charge in [-0.15, -0.1) is 0 Å². The lowest BCUT2D eigenvalue weighted by molar-refractivity contribution is -0.129. The number of fused-ring (bicyclic) bond motifs is 1. The number of anilines is 2. The average Bonchev–Trinajstić information content (AvgIpc) is 3.06. The van der Waals surface area contributed by atoms with E-state index in [9.17, 15) is 19.5 Å². The molecule has 0 atom stereocenters. The second-order valence-corrected chi connectivity index (χ2v) is 6.24. The molecule has 2 aromatic carbocycles. The number of carbonyl (C=O) groups is 3. The van der Waals surface area contributed by atoms with Crippen molar-refractivity contribution in [1.29, 1.82) is 0 Å². The first-order chi connectivity index (χ1) is 12.9. The Labute approximate surface area is 156 Å². The zero-order valence-electron chi connectivity index (χ0n) is 14.8. The number of rotatable bonds is 4. The normalized spacial score (nSPS) is 12.3. The summed E-state index contributed by atoms with van der Waals surface area (Å²) in [7, 11) is 0.